The zero-order valence-electron chi connectivity index (χ0n) is 9.47. The molecule has 0 spiro atoms. The van der Waals surface area contributed by atoms with Gasteiger partial charge in [0.15, 0.2) is 0 Å². The number of hydrogen-bond donors (Lipinski definition) is 1. The molecular formula is C11H8BrFN2O4. The number of aliphatic carboxylic acids is 1. The van der Waals surface area contributed by atoms with Crippen molar-refractivity contribution in [1.82, 2.24) is 10.2 Å². The number of hydrogen-bond acceptors (Lipinski definition) is 5. The Morgan fingerprint density at radius 3 is 2.95 bits per heavy atom. The van der Waals surface area contributed by atoms with E-state index in [4.69, 9.17) is 14.3 Å². The number of ether oxygens (including phenoxy) is 1. The number of aromatic nitrogens is 2. The van der Waals surface area contributed by atoms with Crippen LogP contribution in [0, 0.1) is 5.82 Å². The quantitative estimate of drug-likeness (QED) is 0.904. The number of carboxylic acid groups (broad SMARTS) is 1. The second-order valence-corrected chi connectivity index (χ2v) is 4.37. The van der Waals surface area contributed by atoms with Gasteiger partial charge in [0.25, 0.3) is 0 Å². The maximum atomic E-state index is 13.1. The third-order valence-corrected chi connectivity index (χ3v) is 2.69. The van der Waals surface area contributed by atoms with Gasteiger partial charge in [0.2, 0.25) is 11.8 Å². The molecule has 19 heavy (non-hydrogen) atoms. The predicted molar refractivity (Wildman–Crippen MR) is 64.7 cm³/mol. The van der Waals surface area contributed by atoms with E-state index in [0.717, 1.165) is 0 Å². The first-order chi connectivity index (χ1) is 9.06. The van der Waals surface area contributed by atoms with Gasteiger partial charge in [0.1, 0.15) is 19.0 Å². The number of benzene rings is 1. The number of carboxylic acids is 1. The highest BCUT2D eigenvalue weighted by molar-refractivity contribution is 9.10. The molecule has 0 saturated carbocycles. The Hall–Kier alpha value is -1.80. The van der Waals surface area contributed by atoms with E-state index in [1.54, 1.807) is 0 Å². The van der Waals surface area contributed by atoms with E-state index in [1.165, 1.54) is 18.2 Å². The molecule has 0 atom stereocenters. The lowest BCUT2D eigenvalue weighted by Gasteiger charge is -1.97. The SMILES string of the molecule is O=C(O)COCc1nnc(-c2ccc(F)c(Br)c2)o1. The summed E-state index contributed by atoms with van der Waals surface area (Å²) >= 11 is 3.05. The summed E-state index contributed by atoms with van der Waals surface area (Å²) in [5, 5.41) is 15.9. The Morgan fingerprint density at radius 2 is 2.26 bits per heavy atom. The molecule has 2 rings (SSSR count). The molecule has 0 fully saturated rings. The number of halogens is 2. The minimum atomic E-state index is -1.08. The average Bonchev–Trinajstić information content (AvgIpc) is 2.81. The zero-order valence-corrected chi connectivity index (χ0v) is 11.1. The summed E-state index contributed by atoms with van der Waals surface area (Å²) in [6.07, 6.45) is 0. The van der Waals surface area contributed by atoms with Crippen molar-refractivity contribution in [3.63, 3.8) is 0 Å². The molecule has 1 aromatic carbocycles. The van der Waals surface area contributed by atoms with Crippen molar-refractivity contribution < 1.29 is 23.4 Å². The molecule has 2 aromatic rings. The molecule has 1 N–H and O–H groups in total. The van der Waals surface area contributed by atoms with Crippen molar-refractivity contribution in [2.45, 2.75) is 6.61 Å². The minimum absolute atomic E-state index is 0.0956. The summed E-state index contributed by atoms with van der Waals surface area (Å²) in [7, 11) is 0. The van der Waals surface area contributed by atoms with Gasteiger partial charge in [-0.15, -0.1) is 10.2 Å². The van der Waals surface area contributed by atoms with Crippen LogP contribution in [-0.4, -0.2) is 27.9 Å². The lowest BCUT2D eigenvalue weighted by molar-refractivity contribution is -0.142. The standard InChI is InChI=1S/C11H8BrFN2O4/c12-7-3-6(1-2-8(7)13)11-15-14-9(19-11)4-18-5-10(16)17/h1-3H,4-5H2,(H,16,17). The van der Waals surface area contributed by atoms with Crippen LogP contribution in [0.5, 0.6) is 0 Å². The molecule has 1 heterocycles. The molecule has 1 aromatic heterocycles. The van der Waals surface area contributed by atoms with Crippen LogP contribution in [0.2, 0.25) is 0 Å². The first kappa shape index (κ1) is 13.6. The second-order valence-electron chi connectivity index (χ2n) is 3.52. The van der Waals surface area contributed by atoms with Gasteiger partial charge in [-0.2, -0.15) is 0 Å². The number of nitrogens with zero attached hydrogens (tertiary/aromatic N) is 2. The van der Waals surface area contributed by atoms with Gasteiger partial charge in [-0.3, -0.25) is 0 Å². The van der Waals surface area contributed by atoms with Crippen molar-refractivity contribution in [3.8, 4) is 11.5 Å². The van der Waals surface area contributed by atoms with Crippen LogP contribution >= 0.6 is 15.9 Å². The molecule has 0 aliphatic carbocycles. The first-order valence-electron chi connectivity index (χ1n) is 5.13. The fourth-order valence-electron chi connectivity index (χ4n) is 1.28. The van der Waals surface area contributed by atoms with Gasteiger partial charge in [-0.05, 0) is 34.1 Å². The third-order valence-electron chi connectivity index (χ3n) is 2.08. The lowest BCUT2D eigenvalue weighted by atomic mass is 10.2. The monoisotopic (exact) mass is 330 g/mol. The molecule has 0 saturated heterocycles. The second kappa shape index (κ2) is 5.89. The molecule has 0 bridgehead atoms. The Kier molecular flexibility index (Phi) is 4.23. The summed E-state index contributed by atoms with van der Waals surface area (Å²) in [5.41, 5.74) is 0.547. The maximum absolute atomic E-state index is 13.1. The fraction of sp³-hybridized carbons (Fsp3) is 0.182. The van der Waals surface area contributed by atoms with Gasteiger partial charge >= 0.3 is 5.97 Å². The van der Waals surface area contributed by atoms with Crippen molar-refractivity contribution in [2.75, 3.05) is 6.61 Å². The van der Waals surface area contributed by atoms with Crippen molar-refractivity contribution in [3.05, 3.63) is 34.4 Å². The van der Waals surface area contributed by atoms with E-state index in [0.29, 0.717) is 5.56 Å². The van der Waals surface area contributed by atoms with Gasteiger partial charge in [-0.1, -0.05) is 0 Å². The van der Waals surface area contributed by atoms with Crippen LogP contribution in [0.3, 0.4) is 0 Å². The minimum Gasteiger partial charge on any atom is -0.480 e. The molecule has 0 radical (unpaired) electrons. The van der Waals surface area contributed by atoms with Gasteiger partial charge in [0.05, 0.1) is 4.47 Å². The van der Waals surface area contributed by atoms with Gasteiger partial charge in [-0.25, -0.2) is 9.18 Å². The summed E-state index contributed by atoms with van der Waals surface area (Å²) < 4.78 is 23.4. The largest absolute Gasteiger partial charge is 0.480 e. The molecule has 100 valence electrons. The van der Waals surface area contributed by atoms with Crippen LogP contribution in [0.25, 0.3) is 11.5 Å². The summed E-state index contributed by atoms with van der Waals surface area (Å²) in [6.45, 7) is -0.540. The van der Waals surface area contributed by atoms with Crippen molar-refractivity contribution >= 4 is 21.9 Å². The Morgan fingerprint density at radius 1 is 1.47 bits per heavy atom. The zero-order chi connectivity index (χ0) is 13.8. The number of carbonyl (C=O) groups is 1. The molecule has 6 nitrogen and oxygen atoms in total. The molecule has 0 aliphatic rings. The van der Waals surface area contributed by atoms with Crippen LogP contribution in [0.1, 0.15) is 5.89 Å². The number of rotatable bonds is 5. The normalized spacial score (nSPS) is 10.6. The molecule has 0 amide bonds. The predicted octanol–water partition coefficient (Wildman–Crippen LogP) is 2.24. The average molecular weight is 331 g/mol. The Labute approximate surface area is 115 Å². The van der Waals surface area contributed by atoms with Crippen LogP contribution in [-0.2, 0) is 16.1 Å². The highest BCUT2D eigenvalue weighted by atomic mass is 79.9. The van der Waals surface area contributed by atoms with E-state index >= 15 is 0 Å². The molecular weight excluding hydrogens is 323 g/mol. The lowest BCUT2D eigenvalue weighted by Crippen LogP contribution is -2.06. The van der Waals surface area contributed by atoms with Gasteiger partial charge < -0.3 is 14.3 Å². The molecule has 0 unspecified atom stereocenters. The summed E-state index contributed by atoms with van der Waals surface area (Å²) in [5.74, 6) is -1.12. The van der Waals surface area contributed by atoms with E-state index in [-0.39, 0.29) is 22.9 Å². The molecule has 8 heteroatoms. The highest BCUT2D eigenvalue weighted by Gasteiger charge is 2.11. The smallest absolute Gasteiger partial charge is 0.329 e. The Balaban J connectivity index is 2.07. The highest BCUT2D eigenvalue weighted by Crippen LogP contribution is 2.24. The van der Waals surface area contributed by atoms with Crippen molar-refractivity contribution in [2.24, 2.45) is 0 Å². The topological polar surface area (TPSA) is 85.5 Å². The summed E-state index contributed by atoms with van der Waals surface area (Å²) in [4.78, 5) is 10.3. The van der Waals surface area contributed by atoms with E-state index in [2.05, 4.69) is 26.1 Å². The van der Waals surface area contributed by atoms with Crippen LogP contribution < -0.4 is 0 Å². The van der Waals surface area contributed by atoms with Crippen LogP contribution in [0.4, 0.5) is 4.39 Å². The maximum Gasteiger partial charge on any atom is 0.329 e. The third kappa shape index (κ3) is 3.58. The van der Waals surface area contributed by atoms with E-state index in [1.807, 2.05) is 0 Å². The van der Waals surface area contributed by atoms with Crippen molar-refractivity contribution in [1.29, 1.82) is 0 Å². The fourth-order valence-corrected chi connectivity index (χ4v) is 1.66. The first-order valence-corrected chi connectivity index (χ1v) is 5.93. The summed E-state index contributed by atoms with van der Waals surface area (Å²) in [6, 6.07) is 4.27. The van der Waals surface area contributed by atoms with E-state index in [9.17, 15) is 9.18 Å². The van der Waals surface area contributed by atoms with Gasteiger partial charge in [0, 0.05) is 5.56 Å². The van der Waals surface area contributed by atoms with Crippen LogP contribution in [0.15, 0.2) is 27.1 Å². The van der Waals surface area contributed by atoms with E-state index < -0.39 is 18.4 Å². The molecule has 0 aliphatic heterocycles. The Bertz CT molecular complexity index is 602.